The molecule has 10 heteroatoms. The summed E-state index contributed by atoms with van der Waals surface area (Å²) in [5.74, 6) is -0.342. The number of benzene rings is 3. The lowest BCUT2D eigenvalue weighted by Gasteiger charge is -2.41. The summed E-state index contributed by atoms with van der Waals surface area (Å²) in [5, 5.41) is 3.46. The van der Waals surface area contributed by atoms with Crippen molar-refractivity contribution in [3.63, 3.8) is 0 Å². The maximum atomic E-state index is 13.5. The van der Waals surface area contributed by atoms with Crippen LogP contribution in [0.4, 0.5) is 26.3 Å². The molecule has 2 aliphatic heterocycles. The number of nitrogens with one attached hydrogen (secondary N) is 1. The van der Waals surface area contributed by atoms with Crippen molar-refractivity contribution in [2.45, 2.75) is 75.6 Å². The molecule has 0 spiro atoms. The van der Waals surface area contributed by atoms with E-state index in [4.69, 9.17) is 14.2 Å². The first-order valence-electron chi connectivity index (χ1n) is 14.5. The topological polar surface area (TPSA) is 39.7 Å². The first kappa shape index (κ1) is 31.5. The van der Waals surface area contributed by atoms with Crippen molar-refractivity contribution in [1.82, 2.24) is 5.32 Å². The van der Waals surface area contributed by atoms with Gasteiger partial charge in [-0.1, -0.05) is 60.7 Å². The number of rotatable bonds is 9. The van der Waals surface area contributed by atoms with E-state index in [1.807, 2.05) is 48.5 Å². The molecule has 2 aliphatic rings. The Morgan fingerprint density at radius 2 is 1.47 bits per heavy atom. The van der Waals surface area contributed by atoms with Crippen molar-refractivity contribution in [2.75, 3.05) is 13.2 Å². The molecule has 43 heavy (non-hydrogen) atoms. The molecule has 5 rings (SSSR count). The van der Waals surface area contributed by atoms with Gasteiger partial charge in [0.25, 0.3) is 0 Å². The summed E-state index contributed by atoms with van der Waals surface area (Å²) in [4.78, 5) is 0. The average molecular weight is 608 g/mol. The molecule has 0 amide bonds. The van der Waals surface area contributed by atoms with Crippen molar-refractivity contribution >= 4 is 0 Å². The second-order valence-electron chi connectivity index (χ2n) is 11.2. The van der Waals surface area contributed by atoms with Crippen LogP contribution in [-0.4, -0.2) is 31.6 Å². The highest BCUT2D eigenvalue weighted by molar-refractivity contribution is 5.35. The van der Waals surface area contributed by atoms with Crippen molar-refractivity contribution in [3.8, 4) is 0 Å². The molecule has 3 aromatic rings. The van der Waals surface area contributed by atoms with Crippen molar-refractivity contribution in [1.29, 1.82) is 0 Å². The van der Waals surface area contributed by atoms with Gasteiger partial charge in [0.2, 0.25) is 0 Å². The predicted octanol–water partition coefficient (Wildman–Crippen LogP) is 8.29. The van der Waals surface area contributed by atoms with E-state index in [2.05, 4.69) is 17.4 Å². The van der Waals surface area contributed by atoms with Gasteiger partial charge in [-0.05, 0) is 67.0 Å². The van der Waals surface area contributed by atoms with E-state index < -0.39 is 35.9 Å². The van der Waals surface area contributed by atoms with Gasteiger partial charge in [0.15, 0.2) is 6.29 Å². The monoisotopic (exact) mass is 607 g/mol. The van der Waals surface area contributed by atoms with Gasteiger partial charge in [-0.15, -0.1) is 0 Å². The van der Waals surface area contributed by atoms with Crippen LogP contribution < -0.4 is 5.32 Å². The van der Waals surface area contributed by atoms with Crippen LogP contribution >= 0.6 is 0 Å². The summed E-state index contributed by atoms with van der Waals surface area (Å²) in [7, 11) is 0. The van der Waals surface area contributed by atoms with E-state index in [-0.39, 0.29) is 35.7 Å². The molecular formula is C33H35F6NO3. The lowest BCUT2D eigenvalue weighted by atomic mass is 9.77. The molecule has 0 bridgehead atoms. The quantitative estimate of drug-likeness (QED) is 0.249. The number of alkyl halides is 6. The molecule has 0 aliphatic carbocycles. The SMILES string of the molecule is C[C@@H](O[C@H]1OCC[C@@H](C2CC[C@@H](CNCc3ccccc3)O2)[C@@H]1c1ccccc1)c1cc(C(F)(F)F)cc(C(F)(F)F)c1. The summed E-state index contributed by atoms with van der Waals surface area (Å²) in [5.41, 5.74) is -0.870. The molecule has 6 atom stereocenters. The van der Waals surface area contributed by atoms with Crippen molar-refractivity contribution < 1.29 is 40.6 Å². The minimum atomic E-state index is -4.94. The van der Waals surface area contributed by atoms with E-state index in [1.54, 1.807) is 0 Å². The summed E-state index contributed by atoms with van der Waals surface area (Å²) in [6.45, 7) is 3.21. The molecule has 0 radical (unpaired) electrons. The highest BCUT2D eigenvalue weighted by Crippen LogP contribution is 2.45. The van der Waals surface area contributed by atoms with Gasteiger partial charge in [0, 0.05) is 19.0 Å². The molecule has 2 saturated heterocycles. The fourth-order valence-corrected chi connectivity index (χ4v) is 6.09. The van der Waals surface area contributed by atoms with Crippen LogP contribution in [0.3, 0.4) is 0 Å². The molecule has 232 valence electrons. The minimum Gasteiger partial charge on any atom is -0.373 e. The van der Waals surface area contributed by atoms with E-state index in [0.29, 0.717) is 31.7 Å². The Labute approximate surface area is 247 Å². The molecule has 1 N–H and O–H groups in total. The van der Waals surface area contributed by atoms with Crippen LogP contribution in [-0.2, 0) is 33.1 Å². The molecule has 0 aromatic heterocycles. The van der Waals surface area contributed by atoms with Crippen LogP contribution in [0.1, 0.15) is 66.0 Å². The molecule has 2 heterocycles. The summed E-state index contributed by atoms with van der Waals surface area (Å²) < 4.78 is 99.8. The Morgan fingerprint density at radius 3 is 2.09 bits per heavy atom. The summed E-state index contributed by atoms with van der Waals surface area (Å²) >= 11 is 0. The molecular weight excluding hydrogens is 572 g/mol. The van der Waals surface area contributed by atoms with Crippen LogP contribution in [0.25, 0.3) is 0 Å². The Balaban J connectivity index is 1.32. The molecule has 1 unspecified atom stereocenters. The van der Waals surface area contributed by atoms with Gasteiger partial charge >= 0.3 is 12.4 Å². The zero-order valence-corrected chi connectivity index (χ0v) is 23.7. The van der Waals surface area contributed by atoms with Gasteiger partial charge in [-0.2, -0.15) is 26.3 Å². The summed E-state index contributed by atoms with van der Waals surface area (Å²) in [6, 6.07) is 21.2. The van der Waals surface area contributed by atoms with Gasteiger partial charge < -0.3 is 19.5 Å². The van der Waals surface area contributed by atoms with Crippen molar-refractivity contribution in [2.24, 2.45) is 5.92 Å². The number of halogens is 6. The van der Waals surface area contributed by atoms with Gasteiger partial charge in [0.05, 0.1) is 36.0 Å². The Morgan fingerprint density at radius 1 is 0.837 bits per heavy atom. The number of hydrogen-bond acceptors (Lipinski definition) is 4. The van der Waals surface area contributed by atoms with E-state index >= 15 is 0 Å². The second-order valence-corrected chi connectivity index (χ2v) is 11.2. The molecule has 2 fully saturated rings. The maximum absolute atomic E-state index is 13.5. The Hall–Kier alpha value is -2.92. The highest BCUT2D eigenvalue weighted by atomic mass is 19.4. The van der Waals surface area contributed by atoms with Crippen LogP contribution in [0, 0.1) is 5.92 Å². The fraction of sp³-hybridized carbons (Fsp3) is 0.455. The second kappa shape index (κ2) is 13.4. The standard InChI is InChI=1S/C33H35F6NO3/c1-21(24-16-25(32(34,35)36)18-26(17-24)33(37,38)39)42-31-30(23-10-6-3-7-11-23)28(14-15-41-31)29-13-12-27(43-29)20-40-19-22-8-4-2-5-9-22/h2-11,16-18,21,27-31,40H,12-15,19-20H2,1H3/t21-,27+,28+,29?,30+,31-/m1/s1. The Kier molecular flexibility index (Phi) is 9.80. The third kappa shape index (κ3) is 7.98. The lowest BCUT2D eigenvalue weighted by molar-refractivity contribution is -0.218. The first-order valence-corrected chi connectivity index (χ1v) is 14.5. The average Bonchev–Trinajstić information content (AvgIpc) is 3.46. The van der Waals surface area contributed by atoms with Crippen LogP contribution in [0.15, 0.2) is 78.9 Å². The normalized spacial score (nSPS) is 25.5. The largest absolute Gasteiger partial charge is 0.416 e. The first-order chi connectivity index (χ1) is 20.5. The van der Waals surface area contributed by atoms with Crippen molar-refractivity contribution in [3.05, 3.63) is 107 Å². The van der Waals surface area contributed by atoms with E-state index in [1.165, 1.54) is 12.5 Å². The van der Waals surface area contributed by atoms with E-state index in [9.17, 15) is 26.3 Å². The van der Waals surface area contributed by atoms with Crippen LogP contribution in [0.5, 0.6) is 0 Å². The molecule has 0 saturated carbocycles. The van der Waals surface area contributed by atoms with Crippen LogP contribution in [0.2, 0.25) is 0 Å². The third-order valence-electron chi connectivity index (χ3n) is 8.25. The Bertz CT molecular complexity index is 1290. The molecule has 3 aromatic carbocycles. The zero-order chi connectivity index (χ0) is 30.6. The summed E-state index contributed by atoms with van der Waals surface area (Å²) in [6.07, 6.45) is -9.56. The third-order valence-corrected chi connectivity index (χ3v) is 8.25. The number of ether oxygens (including phenoxy) is 3. The molecule has 4 nitrogen and oxygen atoms in total. The predicted molar refractivity (Wildman–Crippen MR) is 149 cm³/mol. The number of hydrogen-bond donors (Lipinski definition) is 1. The van der Waals surface area contributed by atoms with Gasteiger partial charge in [-0.25, -0.2) is 0 Å². The fourth-order valence-electron chi connectivity index (χ4n) is 6.09. The lowest BCUT2D eigenvalue weighted by Crippen LogP contribution is -2.42. The minimum absolute atomic E-state index is 0.0141. The van der Waals surface area contributed by atoms with E-state index in [0.717, 1.165) is 24.9 Å². The van der Waals surface area contributed by atoms with Gasteiger partial charge in [0.1, 0.15) is 0 Å². The van der Waals surface area contributed by atoms with Gasteiger partial charge in [-0.3, -0.25) is 0 Å². The maximum Gasteiger partial charge on any atom is 0.416 e. The smallest absolute Gasteiger partial charge is 0.373 e. The zero-order valence-electron chi connectivity index (χ0n) is 23.7. The highest BCUT2D eigenvalue weighted by Gasteiger charge is 2.44.